The van der Waals surface area contributed by atoms with Gasteiger partial charge in [0.15, 0.2) is 0 Å². The third-order valence-electron chi connectivity index (χ3n) is 1.85. The van der Waals surface area contributed by atoms with Crippen molar-refractivity contribution >= 4 is 0 Å². The van der Waals surface area contributed by atoms with Crippen LogP contribution in [-0.4, -0.2) is 6.04 Å². The van der Waals surface area contributed by atoms with Crippen LogP contribution in [0.5, 0.6) is 0 Å². The van der Waals surface area contributed by atoms with Gasteiger partial charge < -0.3 is 5.73 Å². The molecular formula is C8H15N. The van der Waals surface area contributed by atoms with Crippen LogP contribution in [0.25, 0.3) is 0 Å². The fourth-order valence-corrected chi connectivity index (χ4v) is 1.39. The summed E-state index contributed by atoms with van der Waals surface area (Å²) in [6.07, 6.45) is 7.07. The van der Waals surface area contributed by atoms with Crippen LogP contribution in [0.4, 0.5) is 0 Å². The number of allylic oxidation sites excluding steroid dienone is 1. The van der Waals surface area contributed by atoms with Gasteiger partial charge in [-0.2, -0.15) is 0 Å². The van der Waals surface area contributed by atoms with Gasteiger partial charge in [0.05, 0.1) is 0 Å². The van der Waals surface area contributed by atoms with Crippen molar-refractivity contribution in [2.75, 3.05) is 0 Å². The summed E-state index contributed by atoms with van der Waals surface area (Å²) in [6.45, 7) is 2.18. The number of hydrogen-bond donors (Lipinski definition) is 1. The number of rotatable bonds is 1. The van der Waals surface area contributed by atoms with E-state index in [1.807, 2.05) is 0 Å². The van der Waals surface area contributed by atoms with E-state index in [4.69, 9.17) is 5.73 Å². The largest absolute Gasteiger partial charge is 0.327 e. The Balaban J connectivity index is 2.38. The zero-order valence-corrected chi connectivity index (χ0v) is 6.06. The van der Waals surface area contributed by atoms with Gasteiger partial charge in [-0.05, 0) is 25.7 Å². The van der Waals surface area contributed by atoms with Crippen molar-refractivity contribution in [2.24, 2.45) is 5.73 Å². The van der Waals surface area contributed by atoms with E-state index in [1.54, 1.807) is 5.57 Å². The molecule has 1 fully saturated rings. The second kappa shape index (κ2) is 3.02. The molecule has 0 heterocycles. The average Bonchev–Trinajstić information content (AvgIpc) is 2.17. The van der Waals surface area contributed by atoms with E-state index in [-0.39, 0.29) is 0 Å². The summed E-state index contributed by atoms with van der Waals surface area (Å²) in [5, 5.41) is 0. The fraction of sp³-hybridized carbons (Fsp3) is 0.750. The Bertz CT molecular complexity index is 116. The highest BCUT2D eigenvalue weighted by atomic mass is 14.6. The lowest BCUT2D eigenvalue weighted by Gasteiger charge is -1.95. The van der Waals surface area contributed by atoms with Crippen LogP contribution in [0.2, 0.25) is 0 Å². The Morgan fingerprint density at radius 3 is 3.00 bits per heavy atom. The quantitative estimate of drug-likeness (QED) is 0.532. The molecule has 1 unspecified atom stereocenters. The van der Waals surface area contributed by atoms with E-state index in [2.05, 4.69) is 13.0 Å². The molecule has 1 aliphatic carbocycles. The molecular weight excluding hydrogens is 110 g/mol. The van der Waals surface area contributed by atoms with Crippen molar-refractivity contribution in [2.45, 2.75) is 38.6 Å². The molecule has 0 bridgehead atoms. The highest BCUT2D eigenvalue weighted by Gasteiger charge is 2.13. The maximum absolute atomic E-state index is 5.71. The molecule has 0 aliphatic heterocycles. The van der Waals surface area contributed by atoms with Crippen LogP contribution < -0.4 is 5.73 Å². The van der Waals surface area contributed by atoms with Crippen LogP contribution in [0, 0.1) is 0 Å². The molecule has 1 aliphatic rings. The molecule has 0 amide bonds. The van der Waals surface area contributed by atoms with Crippen LogP contribution in [-0.2, 0) is 0 Å². The molecule has 9 heavy (non-hydrogen) atoms. The molecule has 1 saturated carbocycles. The third kappa shape index (κ3) is 1.83. The van der Waals surface area contributed by atoms with Crippen LogP contribution in [0.1, 0.15) is 32.6 Å². The Morgan fingerprint density at radius 1 is 1.78 bits per heavy atom. The van der Waals surface area contributed by atoms with Crippen LogP contribution >= 0.6 is 0 Å². The van der Waals surface area contributed by atoms with E-state index in [0.29, 0.717) is 6.04 Å². The zero-order chi connectivity index (χ0) is 6.69. The Labute approximate surface area is 56.9 Å². The normalized spacial score (nSPS) is 31.8. The predicted octanol–water partition coefficient (Wildman–Crippen LogP) is 1.83. The predicted molar refractivity (Wildman–Crippen MR) is 40.2 cm³/mol. The maximum Gasteiger partial charge on any atom is 0.00791 e. The Morgan fingerprint density at radius 2 is 2.56 bits per heavy atom. The minimum absolute atomic E-state index is 0.461. The van der Waals surface area contributed by atoms with Crippen molar-refractivity contribution in [3.63, 3.8) is 0 Å². The Kier molecular flexibility index (Phi) is 2.29. The lowest BCUT2D eigenvalue weighted by atomic mass is 10.2. The molecule has 0 aromatic carbocycles. The standard InChI is InChI=1S/C8H15N/c1-2-3-7-4-5-8(9)6-7/h3,8H,2,4-6,9H2,1H3/b7-3+. The van der Waals surface area contributed by atoms with Gasteiger partial charge in [0, 0.05) is 6.04 Å². The molecule has 52 valence electrons. The highest BCUT2D eigenvalue weighted by molar-refractivity contribution is 5.09. The lowest BCUT2D eigenvalue weighted by molar-refractivity contribution is 0.711. The summed E-state index contributed by atoms with van der Waals surface area (Å²) in [5.74, 6) is 0. The smallest absolute Gasteiger partial charge is 0.00791 e. The molecule has 1 nitrogen and oxygen atoms in total. The first-order chi connectivity index (χ1) is 4.33. The minimum Gasteiger partial charge on any atom is -0.327 e. The zero-order valence-electron chi connectivity index (χ0n) is 6.06. The first kappa shape index (κ1) is 6.81. The number of nitrogens with two attached hydrogens (primary N) is 1. The fourth-order valence-electron chi connectivity index (χ4n) is 1.39. The summed E-state index contributed by atoms with van der Waals surface area (Å²) >= 11 is 0. The molecule has 1 atom stereocenters. The molecule has 2 N–H and O–H groups in total. The summed E-state index contributed by atoms with van der Waals surface area (Å²) in [5.41, 5.74) is 7.29. The second-order valence-electron chi connectivity index (χ2n) is 2.77. The Hall–Kier alpha value is -0.300. The molecule has 0 spiro atoms. The van der Waals surface area contributed by atoms with Crippen molar-refractivity contribution in [3.05, 3.63) is 11.6 Å². The van der Waals surface area contributed by atoms with Crippen molar-refractivity contribution in [3.8, 4) is 0 Å². The van der Waals surface area contributed by atoms with Crippen LogP contribution in [0.15, 0.2) is 11.6 Å². The monoisotopic (exact) mass is 125 g/mol. The lowest BCUT2D eigenvalue weighted by Crippen LogP contribution is -2.13. The van der Waals surface area contributed by atoms with Gasteiger partial charge >= 0.3 is 0 Å². The van der Waals surface area contributed by atoms with E-state index in [9.17, 15) is 0 Å². The number of hydrogen-bond acceptors (Lipinski definition) is 1. The maximum atomic E-state index is 5.71. The average molecular weight is 125 g/mol. The molecule has 0 aromatic heterocycles. The second-order valence-corrected chi connectivity index (χ2v) is 2.77. The molecule has 1 heteroatoms. The first-order valence-electron chi connectivity index (χ1n) is 3.76. The van der Waals surface area contributed by atoms with Gasteiger partial charge in [0.25, 0.3) is 0 Å². The van der Waals surface area contributed by atoms with Crippen molar-refractivity contribution < 1.29 is 0 Å². The van der Waals surface area contributed by atoms with Gasteiger partial charge in [0.1, 0.15) is 0 Å². The summed E-state index contributed by atoms with van der Waals surface area (Å²) in [4.78, 5) is 0. The van der Waals surface area contributed by atoms with Gasteiger partial charge in [0.2, 0.25) is 0 Å². The van der Waals surface area contributed by atoms with Crippen molar-refractivity contribution in [1.82, 2.24) is 0 Å². The minimum atomic E-state index is 0.461. The van der Waals surface area contributed by atoms with Gasteiger partial charge in [-0.15, -0.1) is 0 Å². The first-order valence-corrected chi connectivity index (χ1v) is 3.76. The van der Waals surface area contributed by atoms with Gasteiger partial charge in [-0.25, -0.2) is 0 Å². The van der Waals surface area contributed by atoms with Gasteiger partial charge in [-0.3, -0.25) is 0 Å². The molecule has 0 saturated heterocycles. The third-order valence-corrected chi connectivity index (χ3v) is 1.85. The SMILES string of the molecule is CC/C=C1\CCC(N)C1. The highest BCUT2D eigenvalue weighted by Crippen LogP contribution is 2.22. The van der Waals surface area contributed by atoms with Gasteiger partial charge in [-0.1, -0.05) is 18.6 Å². The topological polar surface area (TPSA) is 26.0 Å². The van der Waals surface area contributed by atoms with Crippen molar-refractivity contribution in [1.29, 1.82) is 0 Å². The summed E-state index contributed by atoms with van der Waals surface area (Å²) in [7, 11) is 0. The van der Waals surface area contributed by atoms with E-state index in [0.717, 1.165) is 6.42 Å². The van der Waals surface area contributed by atoms with E-state index >= 15 is 0 Å². The van der Waals surface area contributed by atoms with Crippen LogP contribution in [0.3, 0.4) is 0 Å². The molecule has 0 aromatic rings. The molecule has 1 rings (SSSR count). The molecule has 0 radical (unpaired) electrons. The summed E-state index contributed by atoms with van der Waals surface area (Å²) < 4.78 is 0. The van der Waals surface area contributed by atoms with E-state index < -0.39 is 0 Å². The summed E-state index contributed by atoms with van der Waals surface area (Å²) in [6, 6.07) is 0.461. The van der Waals surface area contributed by atoms with E-state index in [1.165, 1.54) is 19.3 Å².